The maximum absolute atomic E-state index is 13.7. The monoisotopic (exact) mass is 455 g/mol. The van der Waals surface area contributed by atoms with Gasteiger partial charge in [0.1, 0.15) is 0 Å². The Balaban J connectivity index is 1.59. The number of hydrogen-bond donors (Lipinski definition) is 0. The first-order chi connectivity index (χ1) is 16.1. The number of carbonyl (C=O) groups excluding carboxylic acids is 2. The highest BCUT2D eigenvalue weighted by molar-refractivity contribution is 6.30. The van der Waals surface area contributed by atoms with Crippen molar-refractivity contribution in [2.45, 2.75) is 31.8 Å². The zero-order chi connectivity index (χ0) is 22.8. The van der Waals surface area contributed by atoms with Crippen LogP contribution in [-0.2, 0) is 17.6 Å². The van der Waals surface area contributed by atoms with E-state index in [-0.39, 0.29) is 5.78 Å². The molecule has 0 amide bonds. The summed E-state index contributed by atoms with van der Waals surface area (Å²) in [6.07, 6.45) is 2.58. The van der Waals surface area contributed by atoms with Gasteiger partial charge in [0.2, 0.25) is 5.78 Å². The van der Waals surface area contributed by atoms with E-state index in [0.29, 0.717) is 21.7 Å². The van der Waals surface area contributed by atoms with Crippen molar-refractivity contribution in [1.29, 1.82) is 0 Å². The molecule has 4 nitrogen and oxygen atoms in total. The minimum Gasteiger partial charge on any atom is -0.445 e. The van der Waals surface area contributed by atoms with Gasteiger partial charge in [0.05, 0.1) is 11.1 Å². The fourth-order valence-electron chi connectivity index (χ4n) is 4.44. The highest BCUT2D eigenvalue weighted by Crippen LogP contribution is 2.32. The number of aryl methyl sites for hydroxylation is 1. The number of aromatic nitrogens is 1. The Kier molecular flexibility index (Phi) is 5.93. The number of nitrogens with zero attached hydrogens (tertiary/aromatic N) is 1. The van der Waals surface area contributed by atoms with E-state index in [1.165, 1.54) is 0 Å². The fraction of sp³-hybridized carbons (Fsp3) is 0.179. The van der Waals surface area contributed by atoms with Crippen LogP contribution in [0.1, 0.15) is 56.5 Å². The summed E-state index contributed by atoms with van der Waals surface area (Å²) < 4.78 is 5.99. The van der Waals surface area contributed by atoms with E-state index in [4.69, 9.17) is 21.3 Å². The van der Waals surface area contributed by atoms with E-state index in [9.17, 15) is 9.59 Å². The van der Waals surface area contributed by atoms with Gasteiger partial charge in [0.25, 0.3) is 0 Å². The average Bonchev–Trinajstić information content (AvgIpc) is 2.86. The molecule has 5 heteroatoms. The smallest absolute Gasteiger partial charge is 0.340 e. The van der Waals surface area contributed by atoms with Crippen molar-refractivity contribution < 1.29 is 14.3 Å². The summed E-state index contributed by atoms with van der Waals surface area (Å²) in [6, 6.07) is 23.3. The number of carbonyl (C=O) groups is 2. The lowest BCUT2D eigenvalue weighted by Gasteiger charge is -2.22. The Morgan fingerprint density at radius 3 is 2.33 bits per heavy atom. The third-order valence-corrected chi connectivity index (χ3v) is 6.32. The zero-order valence-corrected chi connectivity index (χ0v) is 18.7. The fourth-order valence-corrected chi connectivity index (χ4v) is 4.56. The van der Waals surface area contributed by atoms with E-state index >= 15 is 0 Å². The first-order valence-electron chi connectivity index (χ1n) is 11.1. The molecule has 0 aliphatic heterocycles. The first kappa shape index (κ1) is 21.4. The minimum atomic E-state index is -1.08. The third-order valence-electron chi connectivity index (χ3n) is 6.07. The maximum atomic E-state index is 13.7. The maximum Gasteiger partial charge on any atom is 0.340 e. The van der Waals surface area contributed by atoms with Gasteiger partial charge in [-0.2, -0.15) is 0 Å². The summed E-state index contributed by atoms with van der Waals surface area (Å²) >= 11 is 6.06. The van der Waals surface area contributed by atoms with Gasteiger partial charge in [0.15, 0.2) is 6.10 Å². The molecule has 0 radical (unpaired) electrons. The molecular formula is C28H22ClNO3. The second-order valence-corrected chi connectivity index (χ2v) is 8.64. The second kappa shape index (κ2) is 9.16. The number of fused-ring (bicyclic) bond motifs is 2. The zero-order valence-electron chi connectivity index (χ0n) is 18.0. The van der Waals surface area contributed by atoms with Crippen molar-refractivity contribution in [2.75, 3.05) is 0 Å². The van der Waals surface area contributed by atoms with Crippen LogP contribution in [0.15, 0.2) is 78.9 Å². The molecule has 33 heavy (non-hydrogen) atoms. The molecule has 0 fully saturated rings. The van der Waals surface area contributed by atoms with Crippen molar-refractivity contribution in [3.05, 3.63) is 112 Å². The summed E-state index contributed by atoms with van der Waals surface area (Å²) in [4.78, 5) is 31.9. The van der Waals surface area contributed by atoms with Crippen molar-refractivity contribution in [2.24, 2.45) is 0 Å². The molecule has 164 valence electrons. The number of hydrogen-bond acceptors (Lipinski definition) is 4. The molecule has 4 aromatic rings. The Morgan fingerprint density at radius 1 is 0.848 bits per heavy atom. The van der Waals surface area contributed by atoms with Gasteiger partial charge < -0.3 is 4.74 Å². The molecule has 0 bridgehead atoms. The summed E-state index contributed by atoms with van der Waals surface area (Å²) in [5.74, 6) is -0.783. The molecule has 1 unspecified atom stereocenters. The number of halogens is 1. The first-order valence-corrected chi connectivity index (χ1v) is 11.5. The highest BCUT2D eigenvalue weighted by atomic mass is 35.5. The lowest BCUT2D eigenvalue weighted by Crippen LogP contribution is -2.22. The number of para-hydroxylation sites is 1. The Labute approximate surface area is 197 Å². The molecule has 1 aromatic heterocycles. The highest BCUT2D eigenvalue weighted by Gasteiger charge is 2.30. The molecule has 1 aliphatic carbocycles. The van der Waals surface area contributed by atoms with Crippen molar-refractivity contribution in [3.63, 3.8) is 0 Å². The van der Waals surface area contributed by atoms with Gasteiger partial charge in [-0.15, -0.1) is 0 Å². The molecule has 3 aromatic carbocycles. The summed E-state index contributed by atoms with van der Waals surface area (Å²) in [5.41, 5.74) is 4.23. The predicted molar refractivity (Wildman–Crippen MR) is 129 cm³/mol. The molecule has 1 atom stereocenters. The molecule has 1 heterocycles. The van der Waals surface area contributed by atoms with Crippen LogP contribution in [0.5, 0.6) is 0 Å². The summed E-state index contributed by atoms with van der Waals surface area (Å²) in [7, 11) is 0. The largest absolute Gasteiger partial charge is 0.445 e. The number of Topliss-reactive ketones (excluding diaryl/α,β-unsaturated/α-hetero) is 1. The minimum absolute atomic E-state index is 0.279. The lowest BCUT2D eigenvalue weighted by molar-refractivity contribution is 0.0280. The van der Waals surface area contributed by atoms with Crippen LogP contribution in [0.4, 0.5) is 0 Å². The number of ether oxygens (including phenoxy) is 1. The van der Waals surface area contributed by atoms with Crippen molar-refractivity contribution >= 4 is 34.3 Å². The molecule has 1 aliphatic rings. The van der Waals surface area contributed by atoms with Crippen LogP contribution in [0.3, 0.4) is 0 Å². The van der Waals surface area contributed by atoms with Crippen LogP contribution < -0.4 is 0 Å². The second-order valence-electron chi connectivity index (χ2n) is 8.20. The number of rotatable bonds is 5. The van der Waals surface area contributed by atoms with E-state index in [1.54, 1.807) is 48.5 Å². The van der Waals surface area contributed by atoms with Crippen LogP contribution in [0, 0.1) is 0 Å². The lowest BCUT2D eigenvalue weighted by atomic mass is 9.89. The topological polar surface area (TPSA) is 56.3 Å². The normalized spacial score (nSPS) is 13.8. The van der Waals surface area contributed by atoms with Gasteiger partial charge in [-0.1, -0.05) is 72.3 Å². The van der Waals surface area contributed by atoms with Crippen LogP contribution in [0.2, 0.25) is 5.02 Å². The number of benzene rings is 3. The van der Waals surface area contributed by atoms with Gasteiger partial charge in [0, 0.05) is 27.2 Å². The SMILES string of the molecule is O=C(OC(C(=O)c1ccccc1)c1ccc(Cl)cc1)c1c2c(nc3ccccc13)CCCC2. The molecule has 0 N–H and O–H groups in total. The standard InChI is InChI=1S/C28H22ClNO3/c29-20-16-14-19(15-17-20)27(26(31)18-8-2-1-3-9-18)33-28(32)25-21-10-4-6-12-23(21)30-24-13-7-5-11-22(24)25/h1-4,6,8-10,12,14-17,27H,5,7,11,13H2. The quantitative estimate of drug-likeness (QED) is 0.253. The van der Waals surface area contributed by atoms with E-state index in [1.807, 2.05) is 30.3 Å². The van der Waals surface area contributed by atoms with Crippen molar-refractivity contribution in [1.82, 2.24) is 4.98 Å². The molecule has 5 rings (SSSR count). The third kappa shape index (κ3) is 4.27. The number of pyridine rings is 1. The van der Waals surface area contributed by atoms with Gasteiger partial charge in [-0.05, 0) is 49.4 Å². The average molecular weight is 456 g/mol. The van der Waals surface area contributed by atoms with Gasteiger partial charge >= 0.3 is 5.97 Å². The summed E-state index contributed by atoms with van der Waals surface area (Å²) in [6.45, 7) is 0. The molecular weight excluding hydrogens is 434 g/mol. The van der Waals surface area contributed by atoms with E-state index < -0.39 is 12.1 Å². The number of ketones is 1. The van der Waals surface area contributed by atoms with Gasteiger partial charge in [-0.3, -0.25) is 9.78 Å². The molecule has 0 spiro atoms. The van der Waals surface area contributed by atoms with Gasteiger partial charge in [-0.25, -0.2) is 4.79 Å². The Hall–Kier alpha value is -3.50. The molecule has 0 saturated heterocycles. The number of esters is 1. The van der Waals surface area contributed by atoms with Crippen LogP contribution in [0.25, 0.3) is 10.9 Å². The summed E-state index contributed by atoms with van der Waals surface area (Å²) in [5, 5.41) is 1.30. The Bertz CT molecular complexity index is 1330. The predicted octanol–water partition coefficient (Wildman–Crippen LogP) is 6.55. The van der Waals surface area contributed by atoms with Crippen LogP contribution in [-0.4, -0.2) is 16.7 Å². The Morgan fingerprint density at radius 2 is 1.55 bits per heavy atom. The molecule has 0 saturated carbocycles. The van der Waals surface area contributed by atoms with E-state index in [0.717, 1.165) is 47.8 Å². The van der Waals surface area contributed by atoms with Crippen molar-refractivity contribution in [3.8, 4) is 0 Å². The van der Waals surface area contributed by atoms with E-state index in [2.05, 4.69) is 0 Å². The van der Waals surface area contributed by atoms with Crippen LogP contribution >= 0.6 is 11.6 Å².